The Kier molecular flexibility index (Phi) is 3.96. The van der Waals surface area contributed by atoms with Crippen molar-refractivity contribution >= 4 is 17.4 Å². The molecule has 0 aromatic carbocycles. The Balaban J connectivity index is 2.00. The first-order valence-electron chi connectivity index (χ1n) is 5.66. The maximum absolute atomic E-state index is 6.00. The summed E-state index contributed by atoms with van der Waals surface area (Å²) in [6.45, 7) is 3.71. The molecule has 1 N–H and O–H groups in total. The quantitative estimate of drug-likeness (QED) is 0.822. The van der Waals surface area contributed by atoms with E-state index in [0.29, 0.717) is 11.3 Å². The van der Waals surface area contributed by atoms with Crippen LogP contribution in [0.2, 0.25) is 5.15 Å². The van der Waals surface area contributed by atoms with Crippen LogP contribution < -0.4 is 5.32 Å². The van der Waals surface area contributed by atoms with Crippen LogP contribution in [0.5, 0.6) is 0 Å². The van der Waals surface area contributed by atoms with Gasteiger partial charge in [0, 0.05) is 18.7 Å². The van der Waals surface area contributed by atoms with Crippen molar-refractivity contribution in [1.29, 1.82) is 0 Å². The van der Waals surface area contributed by atoms with E-state index in [1.807, 2.05) is 6.92 Å². The minimum atomic E-state index is 0.304. The summed E-state index contributed by atoms with van der Waals surface area (Å²) >= 11 is 6.00. The van der Waals surface area contributed by atoms with Crippen molar-refractivity contribution in [2.75, 3.05) is 18.5 Å². The molecular weight excluding hydrogens is 226 g/mol. The molecule has 16 heavy (non-hydrogen) atoms. The molecule has 88 valence electrons. The Morgan fingerprint density at radius 2 is 2.44 bits per heavy atom. The third-order valence-electron chi connectivity index (χ3n) is 2.77. The second-order valence-corrected chi connectivity index (χ2v) is 4.22. The van der Waals surface area contributed by atoms with E-state index in [-0.39, 0.29) is 0 Å². The van der Waals surface area contributed by atoms with Gasteiger partial charge in [-0.25, -0.2) is 9.97 Å². The van der Waals surface area contributed by atoms with Crippen LogP contribution in [-0.2, 0) is 11.2 Å². The molecule has 1 aliphatic rings. The topological polar surface area (TPSA) is 47.0 Å². The second-order valence-electron chi connectivity index (χ2n) is 3.86. The van der Waals surface area contributed by atoms with E-state index in [2.05, 4.69) is 15.3 Å². The first kappa shape index (κ1) is 11.6. The van der Waals surface area contributed by atoms with Crippen molar-refractivity contribution in [2.45, 2.75) is 32.3 Å². The number of nitrogens with one attached hydrogen (secondary N) is 1. The van der Waals surface area contributed by atoms with Gasteiger partial charge in [0.1, 0.15) is 17.3 Å². The number of hydrogen-bond acceptors (Lipinski definition) is 4. The van der Waals surface area contributed by atoms with Gasteiger partial charge in [-0.3, -0.25) is 0 Å². The van der Waals surface area contributed by atoms with Crippen LogP contribution in [0, 0.1) is 0 Å². The van der Waals surface area contributed by atoms with Gasteiger partial charge in [0.2, 0.25) is 0 Å². The van der Waals surface area contributed by atoms with Crippen LogP contribution in [0.3, 0.4) is 0 Å². The van der Waals surface area contributed by atoms with Gasteiger partial charge < -0.3 is 10.1 Å². The van der Waals surface area contributed by atoms with E-state index in [0.717, 1.165) is 43.8 Å². The maximum atomic E-state index is 6.00. The number of anilines is 1. The zero-order valence-corrected chi connectivity index (χ0v) is 10.1. The lowest BCUT2D eigenvalue weighted by molar-refractivity contribution is 0.120. The van der Waals surface area contributed by atoms with Gasteiger partial charge >= 0.3 is 0 Å². The van der Waals surface area contributed by atoms with E-state index < -0.39 is 0 Å². The number of nitrogens with zero attached hydrogens (tertiary/aromatic N) is 2. The SMILES string of the molecule is CCc1c(Cl)ncnc1NCC1CCCO1. The number of halogens is 1. The summed E-state index contributed by atoms with van der Waals surface area (Å²) in [6.07, 6.45) is 4.89. The van der Waals surface area contributed by atoms with Crippen molar-refractivity contribution in [3.05, 3.63) is 17.0 Å². The molecular formula is C11H16ClN3O. The maximum Gasteiger partial charge on any atom is 0.137 e. The first-order chi connectivity index (χ1) is 7.81. The van der Waals surface area contributed by atoms with Gasteiger partial charge in [0.15, 0.2) is 0 Å². The summed E-state index contributed by atoms with van der Waals surface area (Å²) in [5.74, 6) is 0.831. The van der Waals surface area contributed by atoms with Crippen molar-refractivity contribution < 1.29 is 4.74 Å². The highest BCUT2D eigenvalue weighted by molar-refractivity contribution is 6.30. The molecule has 2 rings (SSSR count). The third kappa shape index (κ3) is 2.62. The summed E-state index contributed by atoms with van der Waals surface area (Å²) in [7, 11) is 0. The smallest absolute Gasteiger partial charge is 0.137 e. The molecule has 1 saturated heterocycles. The molecule has 0 spiro atoms. The van der Waals surface area contributed by atoms with Gasteiger partial charge in [-0.15, -0.1) is 0 Å². The normalized spacial score (nSPS) is 20.0. The summed E-state index contributed by atoms with van der Waals surface area (Å²) in [5, 5.41) is 3.82. The van der Waals surface area contributed by atoms with Gasteiger partial charge in [0.25, 0.3) is 0 Å². The van der Waals surface area contributed by atoms with Crippen molar-refractivity contribution in [2.24, 2.45) is 0 Å². The van der Waals surface area contributed by atoms with E-state index in [1.54, 1.807) is 0 Å². The van der Waals surface area contributed by atoms with Crippen LogP contribution in [-0.4, -0.2) is 29.2 Å². The van der Waals surface area contributed by atoms with Crippen LogP contribution in [0.15, 0.2) is 6.33 Å². The fourth-order valence-corrected chi connectivity index (χ4v) is 2.14. The molecule has 4 nitrogen and oxygen atoms in total. The van der Waals surface area contributed by atoms with E-state index in [4.69, 9.17) is 16.3 Å². The Bertz CT molecular complexity index is 353. The number of hydrogen-bond donors (Lipinski definition) is 1. The summed E-state index contributed by atoms with van der Waals surface area (Å²) in [5.41, 5.74) is 0.974. The van der Waals surface area contributed by atoms with Crippen LogP contribution in [0.4, 0.5) is 5.82 Å². The van der Waals surface area contributed by atoms with Crippen molar-refractivity contribution in [3.8, 4) is 0 Å². The largest absolute Gasteiger partial charge is 0.376 e. The highest BCUT2D eigenvalue weighted by Gasteiger charge is 2.16. The standard InChI is InChI=1S/C11H16ClN3O/c1-2-9-10(12)14-7-15-11(9)13-6-8-4-3-5-16-8/h7-8H,2-6H2,1H3,(H,13,14,15). The average molecular weight is 242 g/mol. The van der Waals surface area contributed by atoms with Gasteiger partial charge in [-0.05, 0) is 19.3 Å². The van der Waals surface area contributed by atoms with E-state index >= 15 is 0 Å². The molecule has 0 aliphatic carbocycles. The van der Waals surface area contributed by atoms with Crippen molar-refractivity contribution in [1.82, 2.24) is 9.97 Å². The Morgan fingerprint density at radius 3 is 3.12 bits per heavy atom. The van der Waals surface area contributed by atoms with Gasteiger partial charge in [0.05, 0.1) is 6.10 Å². The molecule has 1 fully saturated rings. The average Bonchev–Trinajstić information content (AvgIpc) is 2.79. The molecule has 0 bridgehead atoms. The molecule has 0 radical (unpaired) electrons. The Labute approximate surface area is 100 Å². The fraction of sp³-hybridized carbons (Fsp3) is 0.636. The molecule has 5 heteroatoms. The third-order valence-corrected chi connectivity index (χ3v) is 3.09. The minimum Gasteiger partial charge on any atom is -0.376 e. The summed E-state index contributed by atoms with van der Waals surface area (Å²) in [6, 6.07) is 0. The summed E-state index contributed by atoms with van der Waals surface area (Å²) in [4.78, 5) is 8.18. The first-order valence-corrected chi connectivity index (χ1v) is 6.04. The van der Waals surface area contributed by atoms with Crippen molar-refractivity contribution in [3.63, 3.8) is 0 Å². The molecule has 0 saturated carbocycles. The predicted octanol–water partition coefficient (Wildman–Crippen LogP) is 2.28. The van der Waals surface area contributed by atoms with Crippen LogP contribution in [0.1, 0.15) is 25.3 Å². The second kappa shape index (κ2) is 5.46. The lowest BCUT2D eigenvalue weighted by Gasteiger charge is -2.13. The zero-order valence-electron chi connectivity index (χ0n) is 9.37. The molecule has 1 aliphatic heterocycles. The predicted molar refractivity (Wildman–Crippen MR) is 63.9 cm³/mol. The Morgan fingerprint density at radius 1 is 1.56 bits per heavy atom. The molecule has 1 aromatic heterocycles. The number of ether oxygens (including phenoxy) is 1. The number of rotatable bonds is 4. The lowest BCUT2D eigenvalue weighted by atomic mass is 10.2. The highest BCUT2D eigenvalue weighted by atomic mass is 35.5. The fourth-order valence-electron chi connectivity index (χ4n) is 1.87. The molecule has 1 unspecified atom stereocenters. The molecule has 0 amide bonds. The van der Waals surface area contributed by atoms with Gasteiger partial charge in [-0.1, -0.05) is 18.5 Å². The minimum absolute atomic E-state index is 0.304. The Hall–Kier alpha value is -0.870. The van der Waals surface area contributed by atoms with Gasteiger partial charge in [-0.2, -0.15) is 0 Å². The van der Waals surface area contributed by atoms with Crippen LogP contribution >= 0.6 is 11.6 Å². The summed E-state index contributed by atoms with van der Waals surface area (Å²) < 4.78 is 5.54. The molecule has 2 heterocycles. The number of aromatic nitrogens is 2. The van der Waals surface area contributed by atoms with E-state index in [9.17, 15) is 0 Å². The van der Waals surface area contributed by atoms with Crippen LogP contribution in [0.25, 0.3) is 0 Å². The monoisotopic (exact) mass is 241 g/mol. The van der Waals surface area contributed by atoms with E-state index in [1.165, 1.54) is 6.33 Å². The molecule has 1 aromatic rings. The lowest BCUT2D eigenvalue weighted by Crippen LogP contribution is -2.19. The zero-order chi connectivity index (χ0) is 11.4. The molecule has 1 atom stereocenters. The highest BCUT2D eigenvalue weighted by Crippen LogP contribution is 2.21.